The lowest BCUT2D eigenvalue weighted by atomic mass is 10.2. The minimum absolute atomic E-state index is 0.0105. The monoisotopic (exact) mass is 288 g/mol. The van der Waals surface area contributed by atoms with Gasteiger partial charge in [0.15, 0.2) is 0 Å². The standard InChI is InChI=1S/C12H16O6S/c1-12(2,3)18-19(15,16)10-7-8(11(14)17-4)5-6-9(10)13/h5-7,13H,1-4H3. The lowest BCUT2D eigenvalue weighted by Crippen LogP contribution is -2.24. The zero-order valence-corrected chi connectivity index (χ0v) is 11.9. The molecule has 0 bridgehead atoms. The minimum Gasteiger partial charge on any atom is -0.506 e. The molecule has 7 heteroatoms. The molecule has 0 aliphatic carbocycles. The molecule has 19 heavy (non-hydrogen) atoms. The van der Waals surface area contributed by atoms with Crippen LogP contribution in [0.25, 0.3) is 0 Å². The highest BCUT2D eigenvalue weighted by atomic mass is 32.2. The molecule has 106 valence electrons. The predicted octanol–water partition coefficient (Wildman–Crippen LogP) is 1.68. The smallest absolute Gasteiger partial charge is 0.337 e. The summed E-state index contributed by atoms with van der Waals surface area (Å²) in [4.78, 5) is 10.9. The van der Waals surface area contributed by atoms with Gasteiger partial charge in [-0.2, -0.15) is 8.42 Å². The summed E-state index contributed by atoms with van der Waals surface area (Å²) in [5.74, 6) is -1.19. The van der Waals surface area contributed by atoms with Crippen LogP contribution in [-0.4, -0.2) is 32.2 Å². The molecule has 0 aromatic heterocycles. The Morgan fingerprint density at radius 3 is 2.32 bits per heavy atom. The lowest BCUT2D eigenvalue weighted by molar-refractivity contribution is 0.0600. The number of benzene rings is 1. The average Bonchev–Trinajstić information content (AvgIpc) is 2.25. The first-order chi connectivity index (χ1) is 8.57. The Bertz CT molecular complexity index is 583. The van der Waals surface area contributed by atoms with Crippen LogP contribution < -0.4 is 0 Å². The summed E-state index contributed by atoms with van der Waals surface area (Å²) >= 11 is 0. The maximum absolute atomic E-state index is 12.0. The first-order valence-electron chi connectivity index (χ1n) is 5.44. The maximum atomic E-state index is 12.0. The van der Waals surface area contributed by atoms with Gasteiger partial charge in [-0.25, -0.2) is 4.79 Å². The Kier molecular flexibility index (Phi) is 4.21. The van der Waals surface area contributed by atoms with Gasteiger partial charge in [0.25, 0.3) is 0 Å². The van der Waals surface area contributed by atoms with Gasteiger partial charge in [-0.1, -0.05) is 0 Å². The predicted molar refractivity (Wildman–Crippen MR) is 67.5 cm³/mol. The quantitative estimate of drug-likeness (QED) is 0.672. The first-order valence-corrected chi connectivity index (χ1v) is 6.84. The Balaban J connectivity index is 3.30. The van der Waals surface area contributed by atoms with Crippen molar-refractivity contribution in [1.29, 1.82) is 0 Å². The number of hydrogen-bond donors (Lipinski definition) is 1. The van der Waals surface area contributed by atoms with Crippen LogP contribution >= 0.6 is 0 Å². The van der Waals surface area contributed by atoms with Crippen LogP contribution in [0.1, 0.15) is 31.1 Å². The van der Waals surface area contributed by atoms with Crippen molar-refractivity contribution in [2.24, 2.45) is 0 Å². The van der Waals surface area contributed by atoms with Gasteiger partial charge in [-0.05, 0) is 39.0 Å². The van der Waals surface area contributed by atoms with Crippen molar-refractivity contribution in [3.8, 4) is 5.75 Å². The van der Waals surface area contributed by atoms with Crippen LogP contribution in [0.3, 0.4) is 0 Å². The number of hydrogen-bond acceptors (Lipinski definition) is 6. The van der Waals surface area contributed by atoms with Gasteiger partial charge in [0, 0.05) is 0 Å². The van der Waals surface area contributed by atoms with E-state index in [9.17, 15) is 18.3 Å². The summed E-state index contributed by atoms with van der Waals surface area (Å²) in [6.07, 6.45) is 0. The second kappa shape index (κ2) is 5.18. The highest BCUT2D eigenvalue weighted by Gasteiger charge is 2.27. The van der Waals surface area contributed by atoms with E-state index >= 15 is 0 Å². The number of carbonyl (C=O) groups is 1. The number of phenols is 1. The van der Waals surface area contributed by atoms with Crippen LogP contribution in [0.2, 0.25) is 0 Å². The zero-order chi connectivity index (χ0) is 14.8. The molecule has 0 saturated heterocycles. The molecular weight excluding hydrogens is 272 g/mol. The van der Waals surface area contributed by atoms with Gasteiger partial charge in [0.2, 0.25) is 0 Å². The SMILES string of the molecule is COC(=O)c1ccc(O)c(S(=O)(=O)OC(C)(C)C)c1. The molecular formula is C12H16O6S. The van der Waals surface area contributed by atoms with Crippen LogP contribution in [0, 0.1) is 0 Å². The van der Waals surface area contributed by atoms with E-state index in [2.05, 4.69) is 4.74 Å². The number of carbonyl (C=O) groups excluding carboxylic acids is 1. The second-order valence-corrected chi connectivity index (χ2v) is 6.34. The van der Waals surface area contributed by atoms with E-state index < -0.39 is 32.3 Å². The molecule has 0 spiro atoms. The number of methoxy groups -OCH3 is 1. The number of phenolic OH excluding ortho intramolecular Hbond substituents is 1. The van der Waals surface area contributed by atoms with Crippen LogP contribution in [0.5, 0.6) is 5.75 Å². The van der Waals surface area contributed by atoms with Crippen molar-refractivity contribution >= 4 is 16.1 Å². The average molecular weight is 288 g/mol. The van der Waals surface area contributed by atoms with E-state index in [1.807, 2.05) is 0 Å². The molecule has 0 amide bonds. The fraction of sp³-hybridized carbons (Fsp3) is 0.417. The normalized spacial score (nSPS) is 12.2. The molecule has 1 aromatic rings. The van der Waals surface area contributed by atoms with E-state index in [0.717, 1.165) is 12.1 Å². The van der Waals surface area contributed by atoms with Crippen LogP contribution in [0.4, 0.5) is 0 Å². The van der Waals surface area contributed by atoms with E-state index in [-0.39, 0.29) is 5.56 Å². The lowest BCUT2D eigenvalue weighted by Gasteiger charge is -2.19. The molecule has 0 radical (unpaired) electrons. The summed E-state index contributed by atoms with van der Waals surface area (Å²) in [7, 11) is -3.00. The van der Waals surface area contributed by atoms with E-state index in [1.165, 1.54) is 13.2 Å². The maximum Gasteiger partial charge on any atom is 0.337 e. The topological polar surface area (TPSA) is 89.9 Å². The molecule has 6 nitrogen and oxygen atoms in total. The second-order valence-electron chi connectivity index (χ2n) is 4.82. The van der Waals surface area contributed by atoms with Crippen molar-refractivity contribution in [3.05, 3.63) is 23.8 Å². The third-order valence-corrected chi connectivity index (χ3v) is 3.60. The van der Waals surface area contributed by atoms with Crippen LogP contribution in [-0.2, 0) is 19.0 Å². The van der Waals surface area contributed by atoms with E-state index in [1.54, 1.807) is 20.8 Å². The molecule has 1 N–H and O–H groups in total. The summed E-state index contributed by atoms with van der Waals surface area (Å²) < 4.78 is 33.4. The Morgan fingerprint density at radius 2 is 1.84 bits per heavy atom. The number of aromatic hydroxyl groups is 1. The fourth-order valence-corrected chi connectivity index (χ4v) is 2.68. The molecule has 1 aromatic carbocycles. The summed E-state index contributed by atoms with van der Waals surface area (Å²) in [6.45, 7) is 4.68. The molecule has 0 unspecified atom stereocenters. The van der Waals surface area contributed by atoms with Crippen molar-refractivity contribution in [2.45, 2.75) is 31.3 Å². The van der Waals surface area contributed by atoms with Gasteiger partial charge in [-0.3, -0.25) is 4.18 Å². The highest BCUT2D eigenvalue weighted by molar-refractivity contribution is 7.87. The number of esters is 1. The minimum atomic E-state index is -4.17. The molecule has 0 aliphatic rings. The summed E-state index contributed by atoms with van der Waals surface area (Å²) in [5.41, 5.74) is -0.941. The molecule has 0 saturated carbocycles. The van der Waals surface area contributed by atoms with Gasteiger partial charge >= 0.3 is 16.1 Å². The fourth-order valence-electron chi connectivity index (χ4n) is 1.33. The largest absolute Gasteiger partial charge is 0.506 e. The third kappa shape index (κ3) is 3.93. The van der Waals surface area contributed by atoms with Crippen molar-refractivity contribution < 1.29 is 27.2 Å². The van der Waals surface area contributed by atoms with Crippen molar-refractivity contribution in [2.75, 3.05) is 7.11 Å². The Labute approximate surface area is 112 Å². The van der Waals surface area contributed by atoms with E-state index in [0.29, 0.717) is 0 Å². The molecule has 0 fully saturated rings. The van der Waals surface area contributed by atoms with Gasteiger partial charge in [0.1, 0.15) is 10.6 Å². The van der Waals surface area contributed by atoms with Crippen molar-refractivity contribution in [3.63, 3.8) is 0 Å². The molecule has 0 atom stereocenters. The van der Waals surface area contributed by atoms with Gasteiger partial charge in [-0.15, -0.1) is 0 Å². The number of ether oxygens (including phenoxy) is 1. The summed E-state index contributed by atoms with van der Waals surface area (Å²) in [6, 6.07) is 3.38. The molecule has 0 heterocycles. The van der Waals surface area contributed by atoms with Gasteiger partial charge in [0.05, 0.1) is 18.3 Å². The van der Waals surface area contributed by atoms with Crippen molar-refractivity contribution in [1.82, 2.24) is 0 Å². The summed E-state index contributed by atoms with van der Waals surface area (Å²) in [5, 5.41) is 9.61. The molecule has 1 rings (SSSR count). The molecule has 0 aliphatic heterocycles. The van der Waals surface area contributed by atoms with Gasteiger partial charge < -0.3 is 9.84 Å². The third-order valence-electron chi connectivity index (χ3n) is 2.01. The zero-order valence-electron chi connectivity index (χ0n) is 11.1. The highest BCUT2D eigenvalue weighted by Crippen LogP contribution is 2.28. The van der Waals surface area contributed by atoms with Crippen LogP contribution in [0.15, 0.2) is 23.1 Å². The number of rotatable bonds is 3. The Morgan fingerprint density at radius 1 is 1.26 bits per heavy atom. The Hall–Kier alpha value is -1.60. The first kappa shape index (κ1) is 15.5. The van der Waals surface area contributed by atoms with E-state index in [4.69, 9.17) is 4.18 Å².